The number of halogens is 1. The first kappa shape index (κ1) is 19.0. The number of nitrogen functional groups attached to an aromatic ring is 1. The molecule has 2 fully saturated rings. The molecule has 0 radical (unpaired) electrons. The number of piperidine rings is 2. The van der Waals surface area contributed by atoms with E-state index in [2.05, 4.69) is 15.1 Å². The lowest BCUT2D eigenvalue weighted by atomic mass is 9.71. The minimum absolute atomic E-state index is 0.199. The molecule has 0 aliphatic carbocycles. The zero-order valence-electron chi connectivity index (χ0n) is 15.8. The summed E-state index contributed by atoms with van der Waals surface area (Å²) in [5, 5.41) is 8.06. The van der Waals surface area contributed by atoms with Gasteiger partial charge in [0.1, 0.15) is 5.60 Å². The van der Waals surface area contributed by atoms with Gasteiger partial charge in [-0.1, -0.05) is 11.6 Å². The minimum Gasteiger partial charge on any atom is -0.444 e. The van der Waals surface area contributed by atoms with Gasteiger partial charge < -0.3 is 20.3 Å². The van der Waals surface area contributed by atoms with Crippen LogP contribution >= 0.6 is 11.6 Å². The molecule has 1 aromatic rings. The maximum Gasteiger partial charge on any atom is 0.410 e. The van der Waals surface area contributed by atoms with Crippen molar-refractivity contribution >= 4 is 29.2 Å². The standard InChI is InChI=1S/C18H28ClN5O2/c1-17(2,3)26-16(25)24-10-6-18(7-11-24)4-8-23(9-5-18)13-12-14(19)21-22-15(13)20/h12H,4-11H2,1-3H3,(H2,20,22). The highest BCUT2D eigenvalue weighted by atomic mass is 35.5. The predicted octanol–water partition coefficient (Wildman–Crippen LogP) is 3.33. The molecule has 3 rings (SSSR count). The summed E-state index contributed by atoms with van der Waals surface area (Å²) >= 11 is 5.96. The van der Waals surface area contributed by atoms with Gasteiger partial charge in [0.05, 0.1) is 5.69 Å². The SMILES string of the molecule is CC(C)(C)OC(=O)N1CCC2(CC1)CCN(c1cc(Cl)nnc1N)CC2. The molecule has 2 saturated heterocycles. The van der Waals surface area contributed by atoms with Crippen molar-refractivity contribution in [1.82, 2.24) is 15.1 Å². The summed E-state index contributed by atoms with van der Waals surface area (Å²) in [4.78, 5) is 16.3. The second kappa shape index (κ2) is 7.10. The van der Waals surface area contributed by atoms with E-state index in [0.717, 1.165) is 57.5 Å². The molecule has 0 unspecified atom stereocenters. The number of carbonyl (C=O) groups excluding carboxylic acids is 1. The van der Waals surface area contributed by atoms with Crippen molar-refractivity contribution in [3.8, 4) is 0 Å². The largest absolute Gasteiger partial charge is 0.444 e. The Labute approximate surface area is 159 Å². The summed E-state index contributed by atoms with van der Waals surface area (Å²) < 4.78 is 5.49. The lowest BCUT2D eigenvalue weighted by Crippen LogP contribution is -2.49. The maximum atomic E-state index is 12.2. The number of hydrogen-bond donors (Lipinski definition) is 1. The van der Waals surface area contributed by atoms with Crippen molar-refractivity contribution < 1.29 is 9.53 Å². The Balaban J connectivity index is 1.55. The van der Waals surface area contributed by atoms with Gasteiger partial charge in [0.15, 0.2) is 11.0 Å². The first-order valence-corrected chi connectivity index (χ1v) is 9.57. The minimum atomic E-state index is -0.447. The normalized spacial score (nSPS) is 20.3. The number of aromatic nitrogens is 2. The highest BCUT2D eigenvalue weighted by Gasteiger charge is 2.39. The number of hydrogen-bond acceptors (Lipinski definition) is 6. The topological polar surface area (TPSA) is 84.6 Å². The smallest absolute Gasteiger partial charge is 0.410 e. The average Bonchev–Trinajstić information content (AvgIpc) is 2.57. The van der Waals surface area contributed by atoms with Crippen LogP contribution in [-0.2, 0) is 4.74 Å². The van der Waals surface area contributed by atoms with Gasteiger partial charge >= 0.3 is 6.09 Å². The van der Waals surface area contributed by atoms with Gasteiger partial charge in [-0.05, 0) is 51.9 Å². The molecule has 3 heterocycles. The molecule has 0 saturated carbocycles. The number of rotatable bonds is 1. The molecule has 1 amide bonds. The molecular weight excluding hydrogens is 354 g/mol. The van der Waals surface area contributed by atoms with E-state index in [1.54, 1.807) is 6.07 Å². The first-order chi connectivity index (χ1) is 12.2. The van der Waals surface area contributed by atoms with Crippen LogP contribution in [0.15, 0.2) is 6.07 Å². The molecule has 8 heteroatoms. The highest BCUT2D eigenvalue weighted by Crippen LogP contribution is 2.43. The Hall–Kier alpha value is -1.76. The summed E-state index contributed by atoms with van der Waals surface area (Å²) in [6.45, 7) is 9.06. The van der Waals surface area contributed by atoms with E-state index in [1.807, 2.05) is 25.7 Å². The molecular formula is C18H28ClN5O2. The van der Waals surface area contributed by atoms with Crippen LogP contribution in [0.3, 0.4) is 0 Å². The van der Waals surface area contributed by atoms with E-state index in [1.165, 1.54) is 0 Å². The number of ether oxygens (including phenoxy) is 1. The Morgan fingerprint density at radius 1 is 1.15 bits per heavy atom. The zero-order chi connectivity index (χ0) is 18.9. The molecule has 2 aliphatic heterocycles. The van der Waals surface area contributed by atoms with Crippen LogP contribution in [0.4, 0.5) is 16.3 Å². The summed E-state index contributed by atoms with van der Waals surface area (Å²) in [6, 6.07) is 1.78. The second-order valence-electron chi connectivity index (χ2n) is 8.39. The summed E-state index contributed by atoms with van der Waals surface area (Å²) in [5.74, 6) is 0.421. The van der Waals surface area contributed by atoms with E-state index in [4.69, 9.17) is 22.1 Å². The monoisotopic (exact) mass is 381 g/mol. The van der Waals surface area contributed by atoms with E-state index in [0.29, 0.717) is 16.4 Å². The van der Waals surface area contributed by atoms with Gasteiger partial charge in [-0.2, -0.15) is 0 Å². The number of amides is 1. The van der Waals surface area contributed by atoms with Crippen LogP contribution in [-0.4, -0.2) is 53.0 Å². The van der Waals surface area contributed by atoms with E-state index in [-0.39, 0.29) is 6.09 Å². The quantitative estimate of drug-likeness (QED) is 0.803. The number of carbonyl (C=O) groups is 1. The fourth-order valence-corrected chi connectivity index (χ4v) is 3.98. The first-order valence-electron chi connectivity index (χ1n) is 9.19. The van der Waals surface area contributed by atoms with Crippen LogP contribution in [0.1, 0.15) is 46.5 Å². The Kier molecular flexibility index (Phi) is 5.19. The average molecular weight is 382 g/mol. The fraction of sp³-hybridized carbons (Fsp3) is 0.722. The Morgan fingerprint density at radius 2 is 1.73 bits per heavy atom. The van der Waals surface area contributed by atoms with Gasteiger partial charge in [-0.25, -0.2) is 4.79 Å². The lowest BCUT2D eigenvalue weighted by molar-refractivity contribution is 0.00666. The molecule has 7 nitrogen and oxygen atoms in total. The predicted molar refractivity (Wildman–Crippen MR) is 102 cm³/mol. The molecule has 1 spiro atoms. The van der Waals surface area contributed by atoms with Gasteiger partial charge in [0.2, 0.25) is 0 Å². The number of anilines is 2. The van der Waals surface area contributed by atoms with Crippen LogP contribution in [0.25, 0.3) is 0 Å². The molecule has 0 atom stereocenters. The van der Waals surface area contributed by atoms with Crippen molar-refractivity contribution in [3.05, 3.63) is 11.2 Å². The summed E-state index contributed by atoms with van der Waals surface area (Å²) in [7, 11) is 0. The van der Waals surface area contributed by atoms with Crippen molar-refractivity contribution in [1.29, 1.82) is 0 Å². The fourth-order valence-electron chi connectivity index (χ4n) is 3.83. The van der Waals surface area contributed by atoms with Crippen LogP contribution in [0, 0.1) is 5.41 Å². The third-order valence-corrected chi connectivity index (χ3v) is 5.60. The number of likely N-dealkylation sites (tertiary alicyclic amines) is 1. The Morgan fingerprint density at radius 3 is 2.31 bits per heavy atom. The van der Waals surface area contributed by atoms with Crippen molar-refractivity contribution in [3.63, 3.8) is 0 Å². The number of nitrogens with zero attached hydrogens (tertiary/aromatic N) is 4. The van der Waals surface area contributed by atoms with Crippen molar-refractivity contribution in [2.75, 3.05) is 36.8 Å². The van der Waals surface area contributed by atoms with Crippen molar-refractivity contribution in [2.45, 2.75) is 52.1 Å². The third-order valence-electron chi connectivity index (χ3n) is 5.41. The maximum absolute atomic E-state index is 12.2. The molecule has 1 aromatic heterocycles. The Bertz CT molecular complexity index is 658. The van der Waals surface area contributed by atoms with Crippen LogP contribution < -0.4 is 10.6 Å². The highest BCUT2D eigenvalue weighted by molar-refractivity contribution is 6.29. The molecule has 2 N–H and O–H groups in total. The third kappa shape index (κ3) is 4.31. The summed E-state index contributed by atoms with van der Waals surface area (Å²) in [5.41, 5.74) is 6.68. The van der Waals surface area contributed by atoms with E-state index in [9.17, 15) is 4.79 Å². The van der Waals surface area contributed by atoms with Gasteiger partial charge in [-0.15, -0.1) is 10.2 Å². The van der Waals surface area contributed by atoms with E-state index >= 15 is 0 Å². The molecule has 144 valence electrons. The van der Waals surface area contributed by atoms with Gasteiger partial charge in [0, 0.05) is 32.2 Å². The lowest BCUT2D eigenvalue weighted by Gasteiger charge is -2.47. The summed E-state index contributed by atoms with van der Waals surface area (Å²) in [6.07, 6.45) is 3.99. The van der Waals surface area contributed by atoms with Gasteiger partial charge in [0.25, 0.3) is 0 Å². The molecule has 26 heavy (non-hydrogen) atoms. The van der Waals surface area contributed by atoms with Crippen LogP contribution in [0.5, 0.6) is 0 Å². The second-order valence-corrected chi connectivity index (χ2v) is 8.78. The number of nitrogens with two attached hydrogens (primary N) is 1. The molecule has 0 bridgehead atoms. The van der Waals surface area contributed by atoms with Crippen molar-refractivity contribution in [2.24, 2.45) is 5.41 Å². The molecule has 2 aliphatic rings. The van der Waals surface area contributed by atoms with Crippen LogP contribution in [0.2, 0.25) is 5.15 Å². The van der Waals surface area contributed by atoms with Gasteiger partial charge in [-0.3, -0.25) is 0 Å². The zero-order valence-corrected chi connectivity index (χ0v) is 16.6. The molecule has 0 aromatic carbocycles. The van der Waals surface area contributed by atoms with E-state index < -0.39 is 5.60 Å².